The normalized spacial score (nSPS) is 12.2. The van der Waals surface area contributed by atoms with E-state index in [1.807, 2.05) is 43.4 Å². The highest BCUT2D eigenvalue weighted by Crippen LogP contribution is 2.44. The Hall–Kier alpha value is -3.03. The molecule has 1 atom stereocenters. The maximum atomic E-state index is 6.70. The summed E-state index contributed by atoms with van der Waals surface area (Å²) in [6, 6.07) is 5.67. The summed E-state index contributed by atoms with van der Waals surface area (Å²) in [7, 11) is 1.58. The topological polar surface area (TPSA) is 87.6 Å². The first kappa shape index (κ1) is 22.2. The number of aromatic nitrogens is 4. The molecule has 0 spiro atoms. The summed E-state index contributed by atoms with van der Waals surface area (Å²) in [6.45, 7) is 6.42. The van der Waals surface area contributed by atoms with Gasteiger partial charge in [-0.15, -0.1) is 0 Å². The van der Waals surface area contributed by atoms with Crippen LogP contribution in [-0.2, 0) is 0 Å². The minimum atomic E-state index is -0.207. The number of methoxy groups -OCH3 is 1. The van der Waals surface area contributed by atoms with E-state index >= 15 is 0 Å². The second-order valence-corrected chi connectivity index (χ2v) is 8.08. The Morgan fingerprint density at radius 2 is 2.00 bits per heavy atom. The van der Waals surface area contributed by atoms with Crippen LogP contribution in [-0.4, -0.2) is 33.1 Å². The van der Waals surface area contributed by atoms with Gasteiger partial charge in [0, 0.05) is 52.3 Å². The standard InChI is InChI=1S/C23H23Cl2N5O2/c1-5-32-20-15(12(2)23-29-21(25)19-22(26)27-8-9-30(19)23)10-16(24)13(3)18(20)14-6-7-17(31-4)28-11-14/h6-12H,5H2,1-4H3,(H2,26,27). The predicted molar refractivity (Wildman–Crippen MR) is 127 cm³/mol. The zero-order valence-electron chi connectivity index (χ0n) is 18.2. The third-order valence-electron chi connectivity index (χ3n) is 5.45. The molecule has 4 rings (SSSR count). The van der Waals surface area contributed by atoms with Gasteiger partial charge < -0.3 is 15.2 Å². The average molecular weight is 472 g/mol. The largest absolute Gasteiger partial charge is 0.493 e. The Morgan fingerprint density at radius 3 is 2.66 bits per heavy atom. The van der Waals surface area contributed by atoms with Crippen molar-refractivity contribution in [2.24, 2.45) is 0 Å². The van der Waals surface area contributed by atoms with E-state index in [2.05, 4.69) is 15.0 Å². The number of hydrogen-bond acceptors (Lipinski definition) is 6. The molecular weight excluding hydrogens is 449 g/mol. The van der Waals surface area contributed by atoms with Gasteiger partial charge in [0.05, 0.1) is 13.7 Å². The number of ether oxygens (including phenoxy) is 2. The Morgan fingerprint density at radius 1 is 1.22 bits per heavy atom. The van der Waals surface area contributed by atoms with Crippen LogP contribution in [0.3, 0.4) is 0 Å². The molecule has 7 nitrogen and oxygen atoms in total. The molecule has 0 aliphatic carbocycles. The fourth-order valence-corrected chi connectivity index (χ4v) is 4.34. The van der Waals surface area contributed by atoms with Gasteiger partial charge >= 0.3 is 0 Å². The molecular formula is C23H23Cl2N5O2. The van der Waals surface area contributed by atoms with Crippen LogP contribution in [0.2, 0.25) is 10.2 Å². The van der Waals surface area contributed by atoms with Crippen LogP contribution in [0.15, 0.2) is 36.8 Å². The molecule has 9 heteroatoms. The summed E-state index contributed by atoms with van der Waals surface area (Å²) in [4.78, 5) is 13.1. The Labute approximate surface area is 196 Å². The van der Waals surface area contributed by atoms with Crippen molar-refractivity contribution in [3.63, 3.8) is 0 Å². The van der Waals surface area contributed by atoms with Crippen LogP contribution in [0.5, 0.6) is 11.6 Å². The fraction of sp³-hybridized carbons (Fsp3) is 0.261. The number of pyridine rings is 1. The first-order chi connectivity index (χ1) is 15.4. The Bertz CT molecular complexity index is 1290. The van der Waals surface area contributed by atoms with E-state index in [4.69, 9.17) is 38.4 Å². The van der Waals surface area contributed by atoms with Crippen LogP contribution in [0.1, 0.15) is 36.7 Å². The number of rotatable bonds is 6. The minimum absolute atomic E-state index is 0.207. The highest BCUT2D eigenvalue weighted by atomic mass is 35.5. The first-order valence-electron chi connectivity index (χ1n) is 10.1. The van der Waals surface area contributed by atoms with E-state index in [1.54, 1.807) is 25.7 Å². The second kappa shape index (κ2) is 8.84. The van der Waals surface area contributed by atoms with Crippen molar-refractivity contribution in [3.05, 3.63) is 63.9 Å². The number of halogens is 2. The lowest BCUT2D eigenvalue weighted by molar-refractivity contribution is 0.336. The molecule has 0 bridgehead atoms. The van der Waals surface area contributed by atoms with Crippen molar-refractivity contribution >= 4 is 34.5 Å². The molecule has 4 aromatic rings. The molecule has 1 unspecified atom stereocenters. The minimum Gasteiger partial charge on any atom is -0.493 e. The summed E-state index contributed by atoms with van der Waals surface area (Å²) in [5.41, 5.74) is 10.1. The van der Waals surface area contributed by atoms with Gasteiger partial charge in [-0.05, 0) is 31.5 Å². The summed E-state index contributed by atoms with van der Waals surface area (Å²) < 4.78 is 13.2. The number of hydrogen-bond donors (Lipinski definition) is 1. The number of benzene rings is 1. The summed E-state index contributed by atoms with van der Waals surface area (Å²) in [6.07, 6.45) is 5.17. The van der Waals surface area contributed by atoms with Crippen molar-refractivity contribution < 1.29 is 9.47 Å². The van der Waals surface area contributed by atoms with Crippen molar-refractivity contribution in [2.75, 3.05) is 19.5 Å². The van der Waals surface area contributed by atoms with Crippen molar-refractivity contribution in [2.45, 2.75) is 26.7 Å². The molecule has 0 radical (unpaired) electrons. The molecule has 3 heterocycles. The van der Waals surface area contributed by atoms with Gasteiger partial charge in [-0.2, -0.15) is 0 Å². The smallest absolute Gasteiger partial charge is 0.212 e. The van der Waals surface area contributed by atoms with Crippen LogP contribution in [0.25, 0.3) is 16.6 Å². The molecule has 0 aliphatic rings. The molecule has 32 heavy (non-hydrogen) atoms. The average Bonchev–Trinajstić information content (AvgIpc) is 3.14. The van der Waals surface area contributed by atoms with Gasteiger partial charge in [0.2, 0.25) is 5.88 Å². The van der Waals surface area contributed by atoms with Crippen molar-refractivity contribution in [3.8, 4) is 22.8 Å². The fourth-order valence-electron chi connectivity index (χ4n) is 3.85. The molecule has 0 amide bonds. The second-order valence-electron chi connectivity index (χ2n) is 7.31. The highest BCUT2D eigenvalue weighted by Gasteiger charge is 2.26. The monoisotopic (exact) mass is 471 g/mol. The molecule has 0 fully saturated rings. The van der Waals surface area contributed by atoms with Gasteiger partial charge in [-0.25, -0.2) is 15.0 Å². The lowest BCUT2D eigenvalue weighted by atomic mass is 9.91. The van der Waals surface area contributed by atoms with E-state index in [9.17, 15) is 0 Å². The van der Waals surface area contributed by atoms with Crippen LogP contribution in [0.4, 0.5) is 5.82 Å². The number of anilines is 1. The van der Waals surface area contributed by atoms with Crippen molar-refractivity contribution in [1.82, 2.24) is 19.4 Å². The van der Waals surface area contributed by atoms with Gasteiger partial charge in [0.25, 0.3) is 0 Å². The van der Waals surface area contributed by atoms with Gasteiger partial charge in [0.15, 0.2) is 11.0 Å². The Kier molecular flexibility index (Phi) is 6.13. The van der Waals surface area contributed by atoms with Crippen LogP contribution >= 0.6 is 23.2 Å². The third kappa shape index (κ3) is 3.72. The first-order valence-corrected chi connectivity index (χ1v) is 10.9. The number of fused-ring (bicyclic) bond motifs is 1. The number of imidazole rings is 1. The van der Waals surface area contributed by atoms with Gasteiger partial charge in [-0.1, -0.05) is 30.1 Å². The number of nitrogen functional groups attached to an aromatic ring is 1. The van der Waals surface area contributed by atoms with E-state index in [0.29, 0.717) is 39.8 Å². The summed E-state index contributed by atoms with van der Waals surface area (Å²) in [5.74, 6) is 2.08. The van der Waals surface area contributed by atoms with Crippen LogP contribution < -0.4 is 15.2 Å². The molecule has 0 saturated heterocycles. The SMILES string of the molecule is CCOc1c(C(C)c2nc(Cl)c3c(N)nccn23)cc(Cl)c(C)c1-c1ccc(OC)nc1. The highest BCUT2D eigenvalue weighted by molar-refractivity contribution is 6.33. The van der Waals surface area contributed by atoms with Crippen molar-refractivity contribution in [1.29, 1.82) is 0 Å². The summed E-state index contributed by atoms with van der Waals surface area (Å²) >= 11 is 13.1. The lowest BCUT2D eigenvalue weighted by Crippen LogP contribution is -2.08. The maximum Gasteiger partial charge on any atom is 0.212 e. The zero-order valence-corrected chi connectivity index (χ0v) is 19.7. The molecule has 0 saturated carbocycles. The quantitative estimate of drug-likeness (QED) is 0.396. The lowest BCUT2D eigenvalue weighted by Gasteiger charge is -2.22. The number of nitrogens with zero attached hydrogens (tertiary/aromatic N) is 4. The Balaban J connectivity index is 1.95. The summed E-state index contributed by atoms with van der Waals surface area (Å²) in [5, 5.41) is 0.919. The molecule has 3 aromatic heterocycles. The van der Waals surface area contributed by atoms with E-state index in [-0.39, 0.29) is 5.92 Å². The van der Waals surface area contributed by atoms with E-state index in [0.717, 1.165) is 28.0 Å². The molecule has 166 valence electrons. The molecule has 0 aliphatic heterocycles. The van der Waals surface area contributed by atoms with Gasteiger partial charge in [-0.3, -0.25) is 4.40 Å². The number of nitrogens with two attached hydrogens (primary N) is 1. The third-order valence-corrected chi connectivity index (χ3v) is 6.11. The maximum absolute atomic E-state index is 6.70. The van der Waals surface area contributed by atoms with Crippen LogP contribution in [0, 0.1) is 6.92 Å². The predicted octanol–water partition coefficient (Wildman–Crippen LogP) is 5.55. The van der Waals surface area contributed by atoms with Gasteiger partial charge in [0.1, 0.15) is 17.1 Å². The van der Waals surface area contributed by atoms with E-state index < -0.39 is 0 Å². The molecule has 2 N–H and O–H groups in total. The molecule has 1 aromatic carbocycles. The van der Waals surface area contributed by atoms with E-state index in [1.165, 1.54) is 0 Å². The zero-order chi connectivity index (χ0) is 23.0.